The molecule has 0 radical (unpaired) electrons. The Labute approximate surface area is 217 Å². The van der Waals surface area contributed by atoms with Gasteiger partial charge < -0.3 is 9.84 Å². The normalized spacial score (nSPS) is 24.8. The Balaban J connectivity index is 1.30. The number of hydrogen-bond donors (Lipinski definition) is 1. The molecule has 1 saturated carbocycles. The Bertz CT molecular complexity index is 1450. The zero-order valence-corrected chi connectivity index (χ0v) is 21.0. The number of rotatable bonds is 5. The fourth-order valence-corrected chi connectivity index (χ4v) is 6.64. The first-order chi connectivity index (χ1) is 18.0. The van der Waals surface area contributed by atoms with E-state index >= 15 is 4.39 Å². The number of carbonyl (C=O) groups is 1. The number of carboxylic acid groups (broad SMARTS) is 1. The predicted molar refractivity (Wildman–Crippen MR) is 132 cm³/mol. The fraction of sp³-hybridized carbons (Fsp3) is 0.400. The summed E-state index contributed by atoms with van der Waals surface area (Å²) in [7, 11) is 0. The smallest absolute Gasteiger partial charge is 0.416 e. The van der Waals surface area contributed by atoms with Crippen LogP contribution in [0.15, 0.2) is 48.7 Å². The first-order valence-electron chi connectivity index (χ1n) is 12.8. The van der Waals surface area contributed by atoms with Gasteiger partial charge in [-0.1, -0.05) is 32.0 Å². The van der Waals surface area contributed by atoms with Crippen molar-refractivity contribution in [1.29, 1.82) is 0 Å². The summed E-state index contributed by atoms with van der Waals surface area (Å²) in [5, 5.41) is 9.30. The van der Waals surface area contributed by atoms with Gasteiger partial charge in [-0.15, -0.1) is 0 Å². The third-order valence-corrected chi connectivity index (χ3v) is 8.67. The van der Waals surface area contributed by atoms with Crippen LogP contribution in [0.2, 0.25) is 0 Å². The number of halogens is 4. The van der Waals surface area contributed by atoms with E-state index in [1.807, 2.05) is 13.8 Å². The molecule has 1 unspecified atom stereocenters. The lowest BCUT2D eigenvalue weighted by molar-refractivity contribution is -0.139. The van der Waals surface area contributed by atoms with E-state index < -0.39 is 29.4 Å². The van der Waals surface area contributed by atoms with Crippen LogP contribution in [0.5, 0.6) is 5.88 Å². The SMILES string of the molecule is CC1(C)CCC(c2ccccc2C(F)(F)F)c2cc(COc3cc4c(cn3)[C@H]3[C@@H](C4)[C@@H]3C(=O)O)c(F)cc21. The van der Waals surface area contributed by atoms with Crippen LogP contribution in [0.25, 0.3) is 0 Å². The highest BCUT2D eigenvalue weighted by Crippen LogP contribution is 2.61. The number of ether oxygens (including phenoxy) is 1. The van der Waals surface area contributed by atoms with Crippen molar-refractivity contribution in [2.45, 2.75) is 63.1 Å². The van der Waals surface area contributed by atoms with Crippen LogP contribution in [0, 0.1) is 17.7 Å². The molecule has 0 aliphatic heterocycles. The molecule has 0 saturated heterocycles. The molecule has 4 nitrogen and oxygen atoms in total. The minimum absolute atomic E-state index is 0.00186. The highest BCUT2D eigenvalue weighted by molar-refractivity contribution is 5.77. The Kier molecular flexibility index (Phi) is 5.60. The molecule has 8 heteroatoms. The Hall–Kier alpha value is -3.42. The van der Waals surface area contributed by atoms with E-state index in [9.17, 15) is 23.1 Å². The third-order valence-electron chi connectivity index (χ3n) is 8.67. The summed E-state index contributed by atoms with van der Waals surface area (Å²) in [6.07, 6.45) is -1.03. The lowest BCUT2D eigenvalue weighted by Gasteiger charge is -2.38. The molecule has 1 N–H and O–H groups in total. The van der Waals surface area contributed by atoms with E-state index in [2.05, 4.69) is 4.98 Å². The van der Waals surface area contributed by atoms with E-state index in [0.717, 1.165) is 22.8 Å². The minimum Gasteiger partial charge on any atom is -0.481 e. The second-order valence-corrected chi connectivity index (χ2v) is 11.4. The maximum Gasteiger partial charge on any atom is 0.416 e. The predicted octanol–water partition coefficient (Wildman–Crippen LogP) is 6.99. The van der Waals surface area contributed by atoms with Crippen LogP contribution in [-0.4, -0.2) is 16.1 Å². The average molecular weight is 526 g/mol. The van der Waals surface area contributed by atoms with E-state index in [0.29, 0.717) is 30.7 Å². The van der Waals surface area contributed by atoms with Crippen LogP contribution in [0.1, 0.15) is 77.5 Å². The third kappa shape index (κ3) is 4.05. The van der Waals surface area contributed by atoms with Crippen LogP contribution in [-0.2, 0) is 29.4 Å². The van der Waals surface area contributed by atoms with Crippen LogP contribution in [0.3, 0.4) is 0 Å². The number of pyridine rings is 1. The molecule has 0 spiro atoms. The van der Waals surface area contributed by atoms with Crippen LogP contribution in [0.4, 0.5) is 17.6 Å². The molecule has 1 fully saturated rings. The van der Waals surface area contributed by atoms with Crippen molar-refractivity contribution in [3.63, 3.8) is 0 Å². The monoisotopic (exact) mass is 525 g/mol. The highest BCUT2D eigenvalue weighted by Gasteiger charge is 2.60. The molecule has 2 aromatic carbocycles. The van der Waals surface area contributed by atoms with Gasteiger partial charge >= 0.3 is 12.1 Å². The lowest BCUT2D eigenvalue weighted by atomic mass is 9.66. The number of carboxylic acids is 1. The summed E-state index contributed by atoms with van der Waals surface area (Å²) >= 11 is 0. The van der Waals surface area contributed by atoms with E-state index in [-0.39, 0.29) is 40.9 Å². The second kappa shape index (κ2) is 8.55. The molecule has 6 rings (SSSR count). The molecular weight excluding hydrogens is 498 g/mol. The van der Waals surface area contributed by atoms with Gasteiger partial charge in [-0.3, -0.25) is 4.79 Å². The van der Waals surface area contributed by atoms with Gasteiger partial charge in [0, 0.05) is 29.7 Å². The molecule has 1 heterocycles. The molecular formula is C30H27F4NO3. The fourth-order valence-electron chi connectivity index (χ4n) is 6.64. The first kappa shape index (κ1) is 24.9. The number of alkyl halides is 3. The van der Waals surface area contributed by atoms with E-state index in [4.69, 9.17) is 4.74 Å². The molecule has 0 amide bonds. The van der Waals surface area contributed by atoms with Gasteiger partial charge in [0.2, 0.25) is 5.88 Å². The first-order valence-corrected chi connectivity index (χ1v) is 12.8. The summed E-state index contributed by atoms with van der Waals surface area (Å²) in [6, 6.07) is 10.5. The molecule has 3 aromatic rings. The second-order valence-electron chi connectivity index (χ2n) is 11.4. The van der Waals surface area contributed by atoms with Gasteiger partial charge in [0.1, 0.15) is 12.4 Å². The summed E-state index contributed by atoms with van der Waals surface area (Å²) in [6.45, 7) is 3.85. The van der Waals surface area contributed by atoms with Gasteiger partial charge in [-0.25, -0.2) is 9.37 Å². The maximum absolute atomic E-state index is 15.3. The Morgan fingerprint density at radius 3 is 2.63 bits per heavy atom. The molecule has 3 aliphatic carbocycles. The van der Waals surface area contributed by atoms with Crippen molar-refractivity contribution < 1.29 is 32.2 Å². The summed E-state index contributed by atoms with van der Waals surface area (Å²) in [5.74, 6) is -1.70. The van der Waals surface area contributed by atoms with Crippen molar-refractivity contribution in [3.05, 3.63) is 93.4 Å². The number of nitrogens with zero attached hydrogens (tertiary/aromatic N) is 1. The molecule has 3 aliphatic rings. The van der Waals surface area contributed by atoms with Crippen molar-refractivity contribution in [3.8, 4) is 5.88 Å². The number of hydrogen-bond acceptors (Lipinski definition) is 3. The van der Waals surface area contributed by atoms with Crippen molar-refractivity contribution in [1.82, 2.24) is 4.98 Å². The highest BCUT2D eigenvalue weighted by atomic mass is 19.4. The largest absolute Gasteiger partial charge is 0.481 e. The standard InChI is InChI=1S/C30H27F4NO3/c1-29(2)8-7-17(18-5-3-4-6-22(18)30(32,33)34)19-10-16(24(31)12-23(19)29)14-38-25-11-15-9-20-26(21(15)13-35-25)27(20)28(36)37/h3-6,10-13,17,20,26-27H,7-9,14H2,1-2H3,(H,36,37)/t17?,20-,26-,27+/m1/s1. The van der Waals surface area contributed by atoms with Gasteiger partial charge in [-0.2, -0.15) is 13.2 Å². The molecule has 4 atom stereocenters. The van der Waals surface area contributed by atoms with Gasteiger partial charge in [0.05, 0.1) is 11.5 Å². The number of aliphatic carboxylic acids is 1. The summed E-state index contributed by atoms with van der Waals surface area (Å²) < 4.78 is 62.7. The molecule has 1 aromatic heterocycles. The quantitative estimate of drug-likeness (QED) is 0.365. The van der Waals surface area contributed by atoms with Gasteiger partial charge in [-0.05, 0) is 76.6 Å². The van der Waals surface area contributed by atoms with Crippen LogP contribution >= 0.6 is 0 Å². The lowest BCUT2D eigenvalue weighted by Crippen LogP contribution is -2.28. The van der Waals surface area contributed by atoms with E-state index in [1.165, 1.54) is 18.2 Å². The zero-order valence-electron chi connectivity index (χ0n) is 21.0. The summed E-state index contributed by atoms with van der Waals surface area (Å²) in [5.41, 5.74) is 2.76. The molecule has 38 heavy (non-hydrogen) atoms. The van der Waals surface area contributed by atoms with Crippen molar-refractivity contribution in [2.24, 2.45) is 11.8 Å². The van der Waals surface area contributed by atoms with Gasteiger partial charge in [0.15, 0.2) is 0 Å². The van der Waals surface area contributed by atoms with Crippen LogP contribution < -0.4 is 4.74 Å². The maximum atomic E-state index is 15.3. The topological polar surface area (TPSA) is 59.4 Å². The Morgan fingerprint density at radius 1 is 1.13 bits per heavy atom. The number of benzene rings is 2. The van der Waals surface area contributed by atoms with E-state index in [1.54, 1.807) is 24.4 Å². The van der Waals surface area contributed by atoms with Gasteiger partial charge in [0.25, 0.3) is 0 Å². The average Bonchev–Trinajstić information content (AvgIpc) is 3.45. The number of aromatic nitrogens is 1. The molecule has 198 valence electrons. The Morgan fingerprint density at radius 2 is 1.89 bits per heavy atom. The minimum atomic E-state index is -4.49. The molecule has 0 bridgehead atoms. The van der Waals surface area contributed by atoms with Crippen molar-refractivity contribution >= 4 is 5.97 Å². The zero-order chi connectivity index (χ0) is 27.0. The van der Waals surface area contributed by atoms with Crippen molar-refractivity contribution in [2.75, 3.05) is 0 Å². The summed E-state index contributed by atoms with van der Waals surface area (Å²) in [4.78, 5) is 15.6. The number of fused-ring (bicyclic) bond motifs is 4.